The van der Waals surface area contributed by atoms with Gasteiger partial charge in [0.1, 0.15) is 0 Å². The van der Waals surface area contributed by atoms with Gasteiger partial charge in [0.2, 0.25) is 5.91 Å². The molecule has 0 aliphatic carbocycles. The van der Waals surface area contributed by atoms with Crippen LogP contribution in [0.4, 0.5) is 0 Å². The van der Waals surface area contributed by atoms with E-state index in [0.717, 1.165) is 26.2 Å². The number of hydrogen-bond acceptors (Lipinski definition) is 3. The fraction of sp³-hybridized carbons (Fsp3) is 0.917. The van der Waals surface area contributed by atoms with Crippen LogP contribution in [0.2, 0.25) is 0 Å². The first kappa shape index (κ1) is 11.9. The molecule has 2 aliphatic rings. The SMILES string of the molecule is CC1OC(C)C(C(=O)N2CCNCC2)C1C. The van der Waals surface area contributed by atoms with E-state index < -0.39 is 0 Å². The zero-order valence-corrected chi connectivity index (χ0v) is 10.4. The van der Waals surface area contributed by atoms with Gasteiger partial charge in [-0.05, 0) is 19.8 Å². The summed E-state index contributed by atoms with van der Waals surface area (Å²) in [4.78, 5) is 14.4. The highest BCUT2D eigenvalue weighted by Gasteiger charge is 2.43. The van der Waals surface area contributed by atoms with Crippen molar-refractivity contribution >= 4 is 5.91 Å². The first-order valence-electron chi connectivity index (χ1n) is 6.26. The van der Waals surface area contributed by atoms with Gasteiger partial charge in [0.05, 0.1) is 18.1 Å². The summed E-state index contributed by atoms with van der Waals surface area (Å²) in [6.45, 7) is 9.71. The Morgan fingerprint density at radius 1 is 1.19 bits per heavy atom. The molecule has 4 atom stereocenters. The van der Waals surface area contributed by atoms with Gasteiger partial charge in [0, 0.05) is 26.2 Å². The van der Waals surface area contributed by atoms with Crippen LogP contribution in [0.15, 0.2) is 0 Å². The van der Waals surface area contributed by atoms with Crippen LogP contribution < -0.4 is 5.32 Å². The summed E-state index contributed by atoms with van der Waals surface area (Å²) >= 11 is 0. The van der Waals surface area contributed by atoms with Crippen LogP contribution >= 0.6 is 0 Å². The van der Waals surface area contributed by atoms with Crippen molar-refractivity contribution in [1.29, 1.82) is 0 Å². The molecular formula is C12H22N2O2. The summed E-state index contributed by atoms with van der Waals surface area (Å²) in [6, 6.07) is 0. The van der Waals surface area contributed by atoms with Crippen molar-refractivity contribution in [2.75, 3.05) is 26.2 Å². The molecule has 1 N–H and O–H groups in total. The van der Waals surface area contributed by atoms with Crippen molar-refractivity contribution in [3.8, 4) is 0 Å². The molecule has 2 saturated heterocycles. The summed E-state index contributed by atoms with van der Waals surface area (Å²) in [5, 5.41) is 3.27. The Labute approximate surface area is 97.3 Å². The smallest absolute Gasteiger partial charge is 0.228 e. The lowest BCUT2D eigenvalue weighted by Gasteiger charge is -2.31. The molecule has 0 saturated carbocycles. The number of amides is 1. The average molecular weight is 226 g/mol. The van der Waals surface area contributed by atoms with Crippen LogP contribution in [0.1, 0.15) is 20.8 Å². The van der Waals surface area contributed by atoms with Crippen LogP contribution in [0.25, 0.3) is 0 Å². The maximum absolute atomic E-state index is 12.4. The lowest BCUT2D eigenvalue weighted by atomic mass is 9.88. The molecule has 4 unspecified atom stereocenters. The third-order valence-electron chi connectivity index (χ3n) is 3.96. The van der Waals surface area contributed by atoms with Crippen LogP contribution in [0.5, 0.6) is 0 Å². The second-order valence-electron chi connectivity index (χ2n) is 5.01. The molecule has 1 amide bonds. The van der Waals surface area contributed by atoms with E-state index in [4.69, 9.17) is 4.74 Å². The summed E-state index contributed by atoms with van der Waals surface area (Å²) < 4.78 is 5.73. The second-order valence-corrected chi connectivity index (χ2v) is 5.01. The molecule has 2 fully saturated rings. The molecular weight excluding hydrogens is 204 g/mol. The fourth-order valence-electron chi connectivity index (χ4n) is 2.79. The molecule has 2 aliphatic heterocycles. The van der Waals surface area contributed by atoms with Gasteiger partial charge in [-0.15, -0.1) is 0 Å². The minimum Gasteiger partial charge on any atom is -0.374 e. The molecule has 0 spiro atoms. The van der Waals surface area contributed by atoms with E-state index in [1.165, 1.54) is 0 Å². The van der Waals surface area contributed by atoms with Crippen molar-refractivity contribution in [3.63, 3.8) is 0 Å². The van der Waals surface area contributed by atoms with E-state index in [0.29, 0.717) is 5.92 Å². The first-order valence-corrected chi connectivity index (χ1v) is 6.26. The number of nitrogens with one attached hydrogen (secondary N) is 1. The minimum absolute atomic E-state index is 0.0492. The van der Waals surface area contributed by atoms with Crippen molar-refractivity contribution in [2.45, 2.75) is 33.0 Å². The largest absolute Gasteiger partial charge is 0.374 e. The first-order chi connectivity index (χ1) is 7.61. The molecule has 4 nitrogen and oxygen atoms in total. The van der Waals surface area contributed by atoms with E-state index in [2.05, 4.69) is 19.2 Å². The van der Waals surface area contributed by atoms with E-state index >= 15 is 0 Å². The van der Waals surface area contributed by atoms with Gasteiger partial charge in [-0.25, -0.2) is 0 Å². The Morgan fingerprint density at radius 2 is 1.81 bits per heavy atom. The summed E-state index contributed by atoms with van der Waals surface area (Å²) in [5.74, 6) is 0.663. The summed E-state index contributed by atoms with van der Waals surface area (Å²) in [6.07, 6.45) is 0.263. The van der Waals surface area contributed by atoms with E-state index in [9.17, 15) is 4.79 Å². The van der Waals surface area contributed by atoms with Gasteiger partial charge in [-0.3, -0.25) is 4.79 Å². The lowest BCUT2D eigenvalue weighted by Crippen LogP contribution is -2.50. The minimum atomic E-state index is 0.0492. The molecule has 0 radical (unpaired) electrons. The highest BCUT2D eigenvalue weighted by atomic mass is 16.5. The van der Waals surface area contributed by atoms with Gasteiger partial charge < -0.3 is 15.0 Å². The number of hydrogen-bond donors (Lipinski definition) is 1. The van der Waals surface area contributed by atoms with Gasteiger partial charge in [-0.1, -0.05) is 6.92 Å². The van der Waals surface area contributed by atoms with Crippen molar-refractivity contribution < 1.29 is 9.53 Å². The van der Waals surface area contributed by atoms with Crippen molar-refractivity contribution in [2.24, 2.45) is 11.8 Å². The molecule has 0 bridgehead atoms. The molecule has 2 heterocycles. The number of ether oxygens (including phenoxy) is 1. The van der Waals surface area contributed by atoms with Crippen molar-refractivity contribution in [1.82, 2.24) is 10.2 Å². The standard InChI is InChI=1S/C12H22N2O2/c1-8-9(2)16-10(3)11(8)12(15)14-6-4-13-5-7-14/h8-11,13H,4-7H2,1-3H3. The van der Waals surface area contributed by atoms with E-state index in [-0.39, 0.29) is 24.0 Å². The number of carbonyl (C=O) groups excluding carboxylic acids is 1. The Kier molecular flexibility index (Phi) is 3.50. The zero-order chi connectivity index (χ0) is 11.7. The molecule has 2 rings (SSSR count). The molecule has 0 aromatic heterocycles. The highest BCUT2D eigenvalue weighted by molar-refractivity contribution is 5.80. The molecule has 4 heteroatoms. The second kappa shape index (κ2) is 4.72. The van der Waals surface area contributed by atoms with Crippen molar-refractivity contribution in [3.05, 3.63) is 0 Å². The van der Waals surface area contributed by atoms with E-state index in [1.54, 1.807) is 0 Å². The molecule has 16 heavy (non-hydrogen) atoms. The van der Waals surface area contributed by atoms with Crippen LogP contribution in [0, 0.1) is 11.8 Å². The Bertz CT molecular complexity index is 264. The quantitative estimate of drug-likeness (QED) is 0.707. The number of rotatable bonds is 1. The molecule has 0 aromatic rings. The molecule has 0 aromatic carbocycles. The number of piperazine rings is 1. The van der Waals surface area contributed by atoms with Crippen LogP contribution in [0.3, 0.4) is 0 Å². The van der Waals surface area contributed by atoms with Crippen LogP contribution in [-0.2, 0) is 9.53 Å². The monoisotopic (exact) mass is 226 g/mol. The summed E-state index contributed by atoms with van der Waals surface area (Å²) in [5.41, 5.74) is 0. The highest BCUT2D eigenvalue weighted by Crippen LogP contribution is 2.33. The Hall–Kier alpha value is -0.610. The molecule has 92 valence electrons. The van der Waals surface area contributed by atoms with Crippen LogP contribution in [-0.4, -0.2) is 49.2 Å². The normalized spacial score (nSPS) is 40.1. The van der Waals surface area contributed by atoms with Gasteiger partial charge in [-0.2, -0.15) is 0 Å². The third-order valence-corrected chi connectivity index (χ3v) is 3.96. The Morgan fingerprint density at radius 3 is 2.31 bits per heavy atom. The van der Waals surface area contributed by atoms with Gasteiger partial charge in [0.25, 0.3) is 0 Å². The average Bonchev–Trinajstić information content (AvgIpc) is 2.54. The zero-order valence-electron chi connectivity index (χ0n) is 10.4. The maximum atomic E-state index is 12.4. The maximum Gasteiger partial charge on any atom is 0.228 e. The predicted octanol–water partition coefficient (Wildman–Crippen LogP) is 0.478. The predicted molar refractivity (Wildman–Crippen MR) is 62.1 cm³/mol. The van der Waals surface area contributed by atoms with E-state index in [1.807, 2.05) is 11.8 Å². The van der Waals surface area contributed by atoms with Gasteiger partial charge in [0.15, 0.2) is 0 Å². The third kappa shape index (κ3) is 2.09. The Balaban J connectivity index is 2.02. The lowest BCUT2D eigenvalue weighted by molar-refractivity contribution is -0.138. The number of carbonyl (C=O) groups is 1. The summed E-state index contributed by atoms with van der Waals surface area (Å²) in [7, 11) is 0. The number of nitrogens with zero attached hydrogens (tertiary/aromatic N) is 1. The topological polar surface area (TPSA) is 41.6 Å². The fourth-order valence-corrected chi connectivity index (χ4v) is 2.79. The van der Waals surface area contributed by atoms with Gasteiger partial charge >= 0.3 is 0 Å².